The van der Waals surface area contributed by atoms with E-state index in [2.05, 4.69) is 6.92 Å². The molecule has 20 heavy (non-hydrogen) atoms. The Morgan fingerprint density at radius 3 is 2.55 bits per heavy atom. The molecule has 0 aromatic rings. The van der Waals surface area contributed by atoms with Crippen LogP contribution in [0, 0.1) is 11.8 Å². The maximum atomic E-state index is 12.4. The van der Waals surface area contributed by atoms with Gasteiger partial charge in [0.2, 0.25) is 0 Å². The third-order valence-electron chi connectivity index (χ3n) is 4.33. The summed E-state index contributed by atoms with van der Waals surface area (Å²) < 4.78 is 0. The largest absolute Gasteiger partial charge is 0.480 e. The summed E-state index contributed by atoms with van der Waals surface area (Å²) in [5.41, 5.74) is 0. The lowest BCUT2D eigenvalue weighted by Gasteiger charge is -2.27. The lowest BCUT2D eigenvalue weighted by Crippen LogP contribution is -2.44. The van der Waals surface area contributed by atoms with Gasteiger partial charge in [-0.25, -0.2) is 4.79 Å². The number of urea groups is 1. The summed E-state index contributed by atoms with van der Waals surface area (Å²) in [4.78, 5) is 28.7. The molecule has 2 unspecified atom stereocenters. The Balaban J connectivity index is 1.79. The Bertz CT molecular complexity index is 375. The normalized spacial score (nSPS) is 27.0. The van der Waals surface area contributed by atoms with Crippen molar-refractivity contribution in [3.8, 4) is 0 Å². The van der Waals surface area contributed by atoms with Gasteiger partial charge in [0.1, 0.15) is 0 Å². The van der Waals surface area contributed by atoms with Gasteiger partial charge in [-0.3, -0.25) is 9.69 Å². The molecule has 0 bridgehead atoms. The average Bonchev–Trinajstić information content (AvgIpc) is 3.11. The SMILES string of the molecule is CC1CC1CN(C)C(=O)N1CCCN(CC(=O)O)CC1. The number of carboxylic acids is 1. The van der Waals surface area contributed by atoms with Gasteiger partial charge in [-0.1, -0.05) is 6.92 Å². The van der Waals surface area contributed by atoms with Crippen LogP contribution in [0.1, 0.15) is 19.8 Å². The van der Waals surface area contributed by atoms with Gasteiger partial charge < -0.3 is 14.9 Å². The highest BCUT2D eigenvalue weighted by molar-refractivity contribution is 5.74. The fourth-order valence-electron chi connectivity index (χ4n) is 2.84. The van der Waals surface area contributed by atoms with Gasteiger partial charge in [0.25, 0.3) is 0 Å². The molecule has 1 heterocycles. The van der Waals surface area contributed by atoms with Crippen molar-refractivity contribution >= 4 is 12.0 Å². The first-order chi connectivity index (χ1) is 9.47. The molecule has 2 fully saturated rings. The molecule has 2 rings (SSSR count). The van der Waals surface area contributed by atoms with Crippen LogP contribution < -0.4 is 0 Å². The van der Waals surface area contributed by atoms with Crippen LogP contribution in [-0.4, -0.2) is 78.1 Å². The minimum absolute atomic E-state index is 0.0669. The van der Waals surface area contributed by atoms with Crippen molar-refractivity contribution in [2.24, 2.45) is 11.8 Å². The van der Waals surface area contributed by atoms with Crippen LogP contribution in [0.3, 0.4) is 0 Å². The first-order valence-corrected chi connectivity index (χ1v) is 7.41. The van der Waals surface area contributed by atoms with Crippen molar-refractivity contribution in [2.45, 2.75) is 19.8 Å². The Labute approximate surface area is 120 Å². The van der Waals surface area contributed by atoms with E-state index in [1.54, 1.807) is 0 Å². The maximum Gasteiger partial charge on any atom is 0.319 e. The first-order valence-electron chi connectivity index (χ1n) is 7.41. The molecule has 6 heteroatoms. The van der Waals surface area contributed by atoms with Crippen LogP contribution in [0.2, 0.25) is 0 Å². The highest BCUT2D eigenvalue weighted by Gasteiger charge is 2.35. The lowest BCUT2D eigenvalue weighted by atomic mass is 10.3. The number of aliphatic carboxylic acids is 1. The number of amides is 2. The quantitative estimate of drug-likeness (QED) is 0.828. The number of carbonyl (C=O) groups is 2. The van der Waals surface area contributed by atoms with Crippen molar-refractivity contribution in [1.29, 1.82) is 0 Å². The number of hydrogen-bond acceptors (Lipinski definition) is 3. The summed E-state index contributed by atoms with van der Waals surface area (Å²) in [6.45, 7) is 5.87. The molecule has 6 nitrogen and oxygen atoms in total. The van der Waals surface area contributed by atoms with E-state index in [1.165, 1.54) is 6.42 Å². The summed E-state index contributed by atoms with van der Waals surface area (Å²) in [5, 5.41) is 8.82. The Morgan fingerprint density at radius 1 is 1.25 bits per heavy atom. The highest BCUT2D eigenvalue weighted by atomic mass is 16.4. The second kappa shape index (κ2) is 6.43. The van der Waals surface area contributed by atoms with E-state index in [0.717, 1.165) is 32.0 Å². The zero-order chi connectivity index (χ0) is 14.7. The van der Waals surface area contributed by atoms with Crippen LogP contribution >= 0.6 is 0 Å². The van der Waals surface area contributed by atoms with E-state index in [-0.39, 0.29) is 12.6 Å². The maximum absolute atomic E-state index is 12.4. The number of carboxylic acid groups (broad SMARTS) is 1. The van der Waals surface area contributed by atoms with E-state index in [1.807, 2.05) is 21.7 Å². The highest BCUT2D eigenvalue weighted by Crippen LogP contribution is 2.38. The topological polar surface area (TPSA) is 64.1 Å². The van der Waals surface area contributed by atoms with E-state index in [0.29, 0.717) is 19.0 Å². The second-order valence-corrected chi connectivity index (χ2v) is 6.15. The minimum Gasteiger partial charge on any atom is -0.480 e. The predicted molar refractivity (Wildman–Crippen MR) is 75.6 cm³/mol. The molecule has 0 aromatic heterocycles. The summed E-state index contributed by atoms with van der Waals surface area (Å²) in [7, 11) is 1.87. The zero-order valence-corrected chi connectivity index (χ0v) is 12.4. The third kappa shape index (κ3) is 4.10. The Morgan fingerprint density at radius 2 is 1.95 bits per heavy atom. The molecule has 1 N–H and O–H groups in total. The lowest BCUT2D eigenvalue weighted by molar-refractivity contribution is -0.138. The average molecular weight is 283 g/mol. The first kappa shape index (κ1) is 15.1. The fourth-order valence-corrected chi connectivity index (χ4v) is 2.84. The smallest absolute Gasteiger partial charge is 0.319 e. The van der Waals surface area contributed by atoms with E-state index < -0.39 is 5.97 Å². The van der Waals surface area contributed by atoms with Crippen LogP contribution in [0.4, 0.5) is 4.79 Å². The van der Waals surface area contributed by atoms with Crippen LogP contribution in [0.25, 0.3) is 0 Å². The van der Waals surface area contributed by atoms with Crippen molar-refractivity contribution in [3.63, 3.8) is 0 Å². The molecule has 2 aliphatic rings. The van der Waals surface area contributed by atoms with E-state index in [9.17, 15) is 9.59 Å². The van der Waals surface area contributed by atoms with Crippen LogP contribution in [-0.2, 0) is 4.79 Å². The van der Waals surface area contributed by atoms with Crippen molar-refractivity contribution in [3.05, 3.63) is 0 Å². The van der Waals surface area contributed by atoms with E-state index in [4.69, 9.17) is 5.11 Å². The molecule has 2 atom stereocenters. The van der Waals surface area contributed by atoms with Gasteiger partial charge in [0.05, 0.1) is 6.54 Å². The van der Waals surface area contributed by atoms with Crippen molar-refractivity contribution in [1.82, 2.24) is 14.7 Å². The third-order valence-corrected chi connectivity index (χ3v) is 4.33. The molecule has 0 spiro atoms. The van der Waals surface area contributed by atoms with Gasteiger partial charge in [-0.05, 0) is 24.7 Å². The van der Waals surface area contributed by atoms with E-state index >= 15 is 0 Å². The standard InChI is InChI=1S/C14H25N3O3/c1-11-8-12(11)9-15(2)14(20)17-5-3-4-16(6-7-17)10-13(18)19/h11-12H,3-10H2,1-2H3,(H,18,19). The van der Waals surface area contributed by atoms with Crippen LogP contribution in [0.15, 0.2) is 0 Å². The monoisotopic (exact) mass is 283 g/mol. The van der Waals surface area contributed by atoms with Gasteiger partial charge in [0, 0.05) is 39.8 Å². The zero-order valence-electron chi connectivity index (χ0n) is 12.4. The predicted octanol–water partition coefficient (Wildman–Crippen LogP) is 0.786. The molecule has 0 aromatic carbocycles. The van der Waals surface area contributed by atoms with Gasteiger partial charge in [0.15, 0.2) is 0 Å². The molecular formula is C14H25N3O3. The number of rotatable bonds is 4. The molecule has 114 valence electrons. The van der Waals surface area contributed by atoms with Gasteiger partial charge in [-0.2, -0.15) is 0 Å². The van der Waals surface area contributed by atoms with Crippen molar-refractivity contribution in [2.75, 3.05) is 46.3 Å². The molecule has 0 radical (unpaired) electrons. The van der Waals surface area contributed by atoms with Crippen LogP contribution in [0.5, 0.6) is 0 Å². The Kier molecular flexibility index (Phi) is 4.86. The van der Waals surface area contributed by atoms with Gasteiger partial charge >= 0.3 is 12.0 Å². The number of carbonyl (C=O) groups excluding carboxylic acids is 1. The van der Waals surface area contributed by atoms with Crippen molar-refractivity contribution < 1.29 is 14.7 Å². The molecule has 1 saturated heterocycles. The minimum atomic E-state index is -0.801. The fraction of sp³-hybridized carbons (Fsp3) is 0.857. The van der Waals surface area contributed by atoms with Gasteiger partial charge in [-0.15, -0.1) is 0 Å². The molecular weight excluding hydrogens is 258 g/mol. The summed E-state index contributed by atoms with van der Waals surface area (Å²) >= 11 is 0. The molecule has 1 aliphatic heterocycles. The number of hydrogen-bond donors (Lipinski definition) is 1. The summed E-state index contributed by atoms with van der Waals surface area (Å²) in [5.74, 6) is 0.615. The summed E-state index contributed by atoms with van der Waals surface area (Å²) in [6.07, 6.45) is 2.07. The Hall–Kier alpha value is -1.30. The molecule has 1 aliphatic carbocycles. The summed E-state index contributed by atoms with van der Waals surface area (Å²) in [6, 6.07) is 0.0845. The molecule has 1 saturated carbocycles. The second-order valence-electron chi connectivity index (χ2n) is 6.15. The number of nitrogens with zero attached hydrogens (tertiary/aromatic N) is 3. The molecule has 2 amide bonds.